The van der Waals surface area contributed by atoms with Crippen LogP contribution in [0.2, 0.25) is 5.02 Å². The average Bonchev–Trinajstić information content (AvgIpc) is 2.83. The number of benzene rings is 1. The number of amides is 2. The second kappa shape index (κ2) is 5.93. The normalized spacial score (nSPS) is 18.0. The molecule has 0 bridgehead atoms. The lowest BCUT2D eigenvalue weighted by Crippen LogP contribution is -2.41. The maximum atomic E-state index is 11.8. The highest BCUT2D eigenvalue weighted by molar-refractivity contribution is 6.30. The van der Waals surface area contributed by atoms with Crippen LogP contribution in [0.15, 0.2) is 18.2 Å². The predicted molar refractivity (Wildman–Crippen MR) is 71.0 cm³/mol. The molecule has 2 rings (SSSR count). The standard InChI is InChI=1S/C13H15ClN2O3/c1-19-11-4-2-9(14)6-8(11)7-15-13(18)10-3-5-12(17)16-10/h2,4,6,10H,3,5,7H2,1H3,(H,15,18)(H,16,17). The molecule has 0 aromatic heterocycles. The Morgan fingerprint density at radius 2 is 2.37 bits per heavy atom. The van der Waals surface area contributed by atoms with Crippen LogP contribution in [0, 0.1) is 0 Å². The Morgan fingerprint density at radius 1 is 1.58 bits per heavy atom. The van der Waals surface area contributed by atoms with Gasteiger partial charge in [-0.25, -0.2) is 0 Å². The van der Waals surface area contributed by atoms with Crippen molar-refractivity contribution in [2.75, 3.05) is 7.11 Å². The highest BCUT2D eigenvalue weighted by atomic mass is 35.5. The molecule has 1 aromatic carbocycles. The lowest BCUT2D eigenvalue weighted by atomic mass is 10.1. The summed E-state index contributed by atoms with van der Waals surface area (Å²) in [6.45, 7) is 0.314. The van der Waals surface area contributed by atoms with Gasteiger partial charge in [0.05, 0.1) is 7.11 Å². The highest BCUT2D eigenvalue weighted by Crippen LogP contribution is 2.22. The SMILES string of the molecule is COc1ccc(Cl)cc1CNC(=O)C1CCC(=O)N1. The van der Waals surface area contributed by atoms with Crippen molar-refractivity contribution in [3.63, 3.8) is 0 Å². The minimum absolute atomic E-state index is 0.0829. The van der Waals surface area contributed by atoms with E-state index in [9.17, 15) is 9.59 Å². The van der Waals surface area contributed by atoms with Crippen molar-refractivity contribution in [1.82, 2.24) is 10.6 Å². The molecule has 102 valence electrons. The second-order valence-corrected chi connectivity index (χ2v) is 4.77. The van der Waals surface area contributed by atoms with Crippen molar-refractivity contribution in [2.45, 2.75) is 25.4 Å². The average molecular weight is 283 g/mol. The Hall–Kier alpha value is -1.75. The van der Waals surface area contributed by atoms with E-state index in [2.05, 4.69) is 10.6 Å². The molecule has 0 saturated carbocycles. The van der Waals surface area contributed by atoms with Gasteiger partial charge in [-0.05, 0) is 24.6 Å². The minimum Gasteiger partial charge on any atom is -0.496 e. The first-order valence-corrected chi connectivity index (χ1v) is 6.37. The van der Waals surface area contributed by atoms with E-state index >= 15 is 0 Å². The molecule has 6 heteroatoms. The van der Waals surface area contributed by atoms with Gasteiger partial charge in [0.15, 0.2) is 0 Å². The lowest BCUT2D eigenvalue weighted by Gasteiger charge is -2.13. The Labute approximate surface area is 116 Å². The number of hydrogen-bond acceptors (Lipinski definition) is 3. The molecule has 1 unspecified atom stereocenters. The van der Waals surface area contributed by atoms with Crippen LogP contribution in [0.1, 0.15) is 18.4 Å². The van der Waals surface area contributed by atoms with Crippen molar-refractivity contribution >= 4 is 23.4 Å². The Morgan fingerprint density at radius 3 is 3.00 bits per heavy atom. The lowest BCUT2D eigenvalue weighted by molar-refractivity contribution is -0.125. The van der Waals surface area contributed by atoms with Crippen LogP contribution in [-0.4, -0.2) is 25.0 Å². The molecule has 1 aliphatic heterocycles. The molecule has 2 amide bonds. The van der Waals surface area contributed by atoms with Crippen LogP contribution in [0.25, 0.3) is 0 Å². The summed E-state index contributed by atoms with van der Waals surface area (Å²) >= 11 is 5.91. The van der Waals surface area contributed by atoms with Gasteiger partial charge in [-0.15, -0.1) is 0 Å². The van der Waals surface area contributed by atoms with E-state index in [1.54, 1.807) is 25.3 Å². The summed E-state index contributed by atoms with van der Waals surface area (Å²) < 4.78 is 5.20. The summed E-state index contributed by atoms with van der Waals surface area (Å²) in [4.78, 5) is 22.9. The molecule has 0 spiro atoms. The number of nitrogens with one attached hydrogen (secondary N) is 2. The number of hydrogen-bond donors (Lipinski definition) is 2. The zero-order valence-corrected chi connectivity index (χ0v) is 11.3. The van der Waals surface area contributed by atoms with Gasteiger partial charge in [0.1, 0.15) is 11.8 Å². The molecular weight excluding hydrogens is 268 g/mol. The highest BCUT2D eigenvalue weighted by Gasteiger charge is 2.26. The third kappa shape index (κ3) is 3.38. The maximum absolute atomic E-state index is 11.8. The number of halogens is 1. The molecule has 1 fully saturated rings. The van der Waals surface area contributed by atoms with Crippen molar-refractivity contribution in [3.8, 4) is 5.75 Å². The fourth-order valence-electron chi connectivity index (χ4n) is 2.00. The molecule has 1 aromatic rings. The van der Waals surface area contributed by atoms with Gasteiger partial charge in [0.25, 0.3) is 0 Å². The van der Waals surface area contributed by atoms with Crippen LogP contribution < -0.4 is 15.4 Å². The molecule has 5 nitrogen and oxygen atoms in total. The van der Waals surface area contributed by atoms with Crippen molar-refractivity contribution in [2.24, 2.45) is 0 Å². The van der Waals surface area contributed by atoms with E-state index in [0.717, 1.165) is 5.56 Å². The zero-order valence-electron chi connectivity index (χ0n) is 10.5. The Kier molecular flexibility index (Phi) is 4.27. The minimum atomic E-state index is -0.433. The third-order valence-electron chi connectivity index (χ3n) is 3.01. The molecule has 0 radical (unpaired) electrons. The molecule has 2 N–H and O–H groups in total. The van der Waals surface area contributed by atoms with Crippen LogP contribution >= 0.6 is 11.6 Å². The number of carbonyl (C=O) groups excluding carboxylic acids is 2. The zero-order chi connectivity index (χ0) is 13.8. The van der Waals surface area contributed by atoms with Crippen molar-refractivity contribution in [1.29, 1.82) is 0 Å². The quantitative estimate of drug-likeness (QED) is 0.873. The second-order valence-electron chi connectivity index (χ2n) is 4.33. The molecule has 0 aliphatic carbocycles. The summed E-state index contributed by atoms with van der Waals surface area (Å²) in [5, 5.41) is 5.98. The molecule has 19 heavy (non-hydrogen) atoms. The summed E-state index contributed by atoms with van der Waals surface area (Å²) in [7, 11) is 1.56. The van der Waals surface area contributed by atoms with Crippen LogP contribution in [-0.2, 0) is 16.1 Å². The van der Waals surface area contributed by atoms with Gasteiger partial charge in [-0.1, -0.05) is 11.6 Å². The third-order valence-corrected chi connectivity index (χ3v) is 3.24. The number of rotatable bonds is 4. The van der Waals surface area contributed by atoms with E-state index in [1.165, 1.54) is 0 Å². The molecule has 1 heterocycles. The van der Waals surface area contributed by atoms with Crippen LogP contribution in [0.5, 0.6) is 5.75 Å². The van der Waals surface area contributed by atoms with E-state index in [0.29, 0.717) is 30.2 Å². The Bertz CT molecular complexity index is 505. The summed E-state index contributed by atoms with van der Waals surface area (Å²) in [5.74, 6) is 0.397. The fourth-order valence-corrected chi connectivity index (χ4v) is 2.20. The summed E-state index contributed by atoms with van der Waals surface area (Å²) in [6.07, 6.45) is 0.940. The monoisotopic (exact) mass is 282 g/mol. The largest absolute Gasteiger partial charge is 0.496 e. The van der Waals surface area contributed by atoms with Crippen molar-refractivity contribution in [3.05, 3.63) is 28.8 Å². The maximum Gasteiger partial charge on any atom is 0.242 e. The van der Waals surface area contributed by atoms with E-state index in [4.69, 9.17) is 16.3 Å². The fraction of sp³-hybridized carbons (Fsp3) is 0.385. The van der Waals surface area contributed by atoms with Gasteiger partial charge < -0.3 is 15.4 Å². The topological polar surface area (TPSA) is 67.4 Å². The predicted octanol–water partition coefficient (Wildman–Crippen LogP) is 1.24. The van der Waals surface area contributed by atoms with E-state index < -0.39 is 6.04 Å². The summed E-state index contributed by atoms with van der Waals surface area (Å²) in [6, 6.07) is 4.79. The molecule has 1 aliphatic rings. The smallest absolute Gasteiger partial charge is 0.242 e. The van der Waals surface area contributed by atoms with E-state index in [-0.39, 0.29) is 11.8 Å². The molecule has 1 saturated heterocycles. The van der Waals surface area contributed by atoms with Gasteiger partial charge in [0.2, 0.25) is 11.8 Å². The number of ether oxygens (including phenoxy) is 1. The van der Waals surface area contributed by atoms with Gasteiger partial charge in [0, 0.05) is 23.6 Å². The van der Waals surface area contributed by atoms with Crippen LogP contribution in [0.3, 0.4) is 0 Å². The van der Waals surface area contributed by atoms with Crippen LogP contribution in [0.4, 0.5) is 0 Å². The van der Waals surface area contributed by atoms with Gasteiger partial charge >= 0.3 is 0 Å². The van der Waals surface area contributed by atoms with Gasteiger partial charge in [-0.3, -0.25) is 9.59 Å². The Balaban J connectivity index is 1.96. The number of methoxy groups -OCH3 is 1. The number of carbonyl (C=O) groups is 2. The first-order chi connectivity index (χ1) is 9.10. The van der Waals surface area contributed by atoms with Crippen molar-refractivity contribution < 1.29 is 14.3 Å². The summed E-state index contributed by atoms with van der Waals surface area (Å²) in [5.41, 5.74) is 0.799. The first-order valence-electron chi connectivity index (χ1n) is 5.99. The molecule has 1 atom stereocenters. The van der Waals surface area contributed by atoms with Gasteiger partial charge in [-0.2, -0.15) is 0 Å². The van der Waals surface area contributed by atoms with E-state index in [1.807, 2.05) is 0 Å². The molecular formula is C13H15ClN2O3. The first kappa shape index (κ1) is 13.7.